The van der Waals surface area contributed by atoms with Crippen molar-refractivity contribution in [2.75, 3.05) is 16.5 Å². The molecule has 1 aliphatic rings. The molecule has 2 aromatic rings. The number of anilines is 2. The molecular weight excluding hydrogens is 316 g/mol. The molecule has 0 bridgehead atoms. The second kappa shape index (κ2) is 7.17. The maximum Gasteiger partial charge on any atom is 0.274 e. The van der Waals surface area contributed by atoms with E-state index in [1.807, 2.05) is 67.6 Å². The van der Waals surface area contributed by atoms with Crippen molar-refractivity contribution >= 4 is 28.9 Å². The van der Waals surface area contributed by atoms with E-state index in [-0.39, 0.29) is 12.3 Å². The number of para-hydroxylation sites is 2. The molecule has 6 heteroatoms. The van der Waals surface area contributed by atoms with Crippen molar-refractivity contribution < 1.29 is 9.59 Å². The van der Waals surface area contributed by atoms with Crippen LogP contribution in [-0.2, 0) is 9.59 Å². The van der Waals surface area contributed by atoms with Crippen molar-refractivity contribution in [1.29, 1.82) is 0 Å². The summed E-state index contributed by atoms with van der Waals surface area (Å²) in [7, 11) is 0. The van der Waals surface area contributed by atoms with Gasteiger partial charge in [-0.3, -0.25) is 14.6 Å². The van der Waals surface area contributed by atoms with Gasteiger partial charge in [-0.25, -0.2) is 0 Å². The number of amides is 2. The van der Waals surface area contributed by atoms with Crippen molar-refractivity contribution in [2.45, 2.75) is 19.4 Å². The molecule has 2 amide bonds. The monoisotopic (exact) mass is 336 g/mol. The molecule has 0 aromatic heterocycles. The summed E-state index contributed by atoms with van der Waals surface area (Å²) in [5.41, 5.74) is 7.39. The Balaban J connectivity index is 1.91. The molecule has 0 spiro atoms. The molecule has 0 fully saturated rings. The number of nitrogens with two attached hydrogens (primary N) is 1. The van der Waals surface area contributed by atoms with E-state index in [2.05, 4.69) is 5.10 Å². The summed E-state index contributed by atoms with van der Waals surface area (Å²) in [6, 6.07) is 18.0. The number of rotatable bonds is 5. The van der Waals surface area contributed by atoms with E-state index in [1.54, 1.807) is 4.90 Å². The van der Waals surface area contributed by atoms with Gasteiger partial charge >= 0.3 is 0 Å². The zero-order valence-electron chi connectivity index (χ0n) is 14.0. The molecule has 1 heterocycles. The Morgan fingerprint density at radius 3 is 2.28 bits per heavy atom. The van der Waals surface area contributed by atoms with Gasteiger partial charge in [0.1, 0.15) is 11.8 Å². The fraction of sp³-hybridized carbons (Fsp3) is 0.211. The van der Waals surface area contributed by atoms with Gasteiger partial charge in [0.25, 0.3) is 5.91 Å². The molecule has 0 saturated carbocycles. The van der Waals surface area contributed by atoms with E-state index in [9.17, 15) is 9.59 Å². The second-order valence-corrected chi connectivity index (χ2v) is 5.73. The summed E-state index contributed by atoms with van der Waals surface area (Å²) in [6.07, 6.45) is 0.201. The SMILES string of the molecule is CCN(C(=O)C1=NN(c2ccccc2)[C@H](C(N)=O)C1)c1ccccc1. The summed E-state index contributed by atoms with van der Waals surface area (Å²) in [4.78, 5) is 26.4. The number of hydrazone groups is 1. The van der Waals surface area contributed by atoms with E-state index in [0.717, 1.165) is 11.4 Å². The van der Waals surface area contributed by atoms with Crippen LogP contribution in [0.5, 0.6) is 0 Å². The second-order valence-electron chi connectivity index (χ2n) is 5.73. The molecule has 2 N–H and O–H groups in total. The third kappa shape index (κ3) is 3.38. The van der Waals surface area contributed by atoms with Gasteiger partial charge in [0.15, 0.2) is 0 Å². The molecule has 0 saturated heterocycles. The Morgan fingerprint density at radius 2 is 1.72 bits per heavy atom. The van der Waals surface area contributed by atoms with Gasteiger partial charge in [-0.05, 0) is 31.2 Å². The molecule has 0 radical (unpaired) electrons. The molecular formula is C19H20N4O2. The summed E-state index contributed by atoms with van der Waals surface area (Å²) >= 11 is 0. The van der Waals surface area contributed by atoms with Crippen LogP contribution in [0.25, 0.3) is 0 Å². The molecule has 128 valence electrons. The highest BCUT2D eigenvalue weighted by Gasteiger charge is 2.36. The van der Waals surface area contributed by atoms with Gasteiger partial charge in [-0.1, -0.05) is 36.4 Å². The normalized spacial score (nSPS) is 16.4. The average Bonchev–Trinajstić information content (AvgIpc) is 3.10. The number of carbonyl (C=O) groups is 2. The van der Waals surface area contributed by atoms with Crippen molar-refractivity contribution in [3.05, 3.63) is 60.7 Å². The summed E-state index contributed by atoms with van der Waals surface area (Å²) in [5, 5.41) is 5.95. The molecule has 1 aliphatic heterocycles. The van der Waals surface area contributed by atoms with Crippen LogP contribution in [-0.4, -0.2) is 30.1 Å². The lowest BCUT2D eigenvalue weighted by Crippen LogP contribution is -2.40. The van der Waals surface area contributed by atoms with Crippen molar-refractivity contribution in [1.82, 2.24) is 0 Å². The zero-order valence-corrected chi connectivity index (χ0v) is 14.0. The van der Waals surface area contributed by atoms with E-state index in [1.165, 1.54) is 5.01 Å². The summed E-state index contributed by atoms with van der Waals surface area (Å²) in [5.74, 6) is -0.712. The minimum absolute atomic E-state index is 0.201. The Hall–Kier alpha value is -3.15. The topological polar surface area (TPSA) is 79.0 Å². The van der Waals surface area contributed by atoms with E-state index < -0.39 is 11.9 Å². The van der Waals surface area contributed by atoms with Gasteiger partial charge in [0.2, 0.25) is 5.91 Å². The van der Waals surface area contributed by atoms with Crippen LogP contribution in [0.3, 0.4) is 0 Å². The fourth-order valence-corrected chi connectivity index (χ4v) is 2.89. The summed E-state index contributed by atoms with van der Waals surface area (Å²) < 4.78 is 0. The van der Waals surface area contributed by atoms with E-state index in [4.69, 9.17) is 5.73 Å². The smallest absolute Gasteiger partial charge is 0.274 e. The highest BCUT2D eigenvalue weighted by molar-refractivity contribution is 6.45. The largest absolute Gasteiger partial charge is 0.368 e. The van der Waals surface area contributed by atoms with Gasteiger partial charge < -0.3 is 10.6 Å². The number of hydrogen-bond donors (Lipinski definition) is 1. The molecule has 0 aliphatic carbocycles. The standard InChI is InChI=1S/C19H20N4O2/c1-2-22(14-9-5-3-6-10-14)19(25)16-13-17(18(20)24)23(21-16)15-11-7-4-8-12-15/h3-12,17H,2,13H2,1H3,(H2,20,24)/t17-/m0/s1. The number of nitrogens with zero attached hydrogens (tertiary/aromatic N) is 3. The predicted octanol–water partition coefficient (Wildman–Crippen LogP) is 2.16. The minimum atomic E-state index is -0.657. The molecule has 0 unspecified atom stereocenters. The highest BCUT2D eigenvalue weighted by Crippen LogP contribution is 2.25. The lowest BCUT2D eigenvalue weighted by molar-refractivity contribution is -0.119. The van der Waals surface area contributed by atoms with Crippen molar-refractivity contribution in [3.8, 4) is 0 Å². The van der Waals surface area contributed by atoms with E-state index in [0.29, 0.717) is 12.3 Å². The van der Waals surface area contributed by atoms with Crippen LogP contribution in [0.15, 0.2) is 65.8 Å². The van der Waals surface area contributed by atoms with Gasteiger partial charge in [0, 0.05) is 18.7 Å². The fourth-order valence-electron chi connectivity index (χ4n) is 2.89. The van der Waals surface area contributed by atoms with Crippen LogP contribution < -0.4 is 15.6 Å². The van der Waals surface area contributed by atoms with Crippen LogP contribution in [0.2, 0.25) is 0 Å². The van der Waals surface area contributed by atoms with Gasteiger partial charge in [-0.15, -0.1) is 0 Å². The third-order valence-electron chi connectivity index (χ3n) is 4.14. The maximum absolute atomic E-state index is 12.9. The Morgan fingerprint density at radius 1 is 1.12 bits per heavy atom. The first kappa shape index (κ1) is 16.7. The molecule has 25 heavy (non-hydrogen) atoms. The number of benzene rings is 2. The molecule has 3 rings (SSSR count). The molecule has 6 nitrogen and oxygen atoms in total. The van der Waals surface area contributed by atoms with Crippen LogP contribution in [0.4, 0.5) is 11.4 Å². The minimum Gasteiger partial charge on any atom is -0.368 e. The van der Waals surface area contributed by atoms with Gasteiger partial charge in [0.05, 0.1) is 5.69 Å². The first-order valence-corrected chi connectivity index (χ1v) is 8.19. The highest BCUT2D eigenvalue weighted by atomic mass is 16.2. The number of carbonyl (C=O) groups excluding carboxylic acids is 2. The molecule has 1 atom stereocenters. The first-order valence-electron chi connectivity index (χ1n) is 8.19. The van der Waals surface area contributed by atoms with Gasteiger partial charge in [-0.2, -0.15) is 5.10 Å². The van der Waals surface area contributed by atoms with Crippen molar-refractivity contribution in [2.24, 2.45) is 10.8 Å². The lowest BCUT2D eigenvalue weighted by Gasteiger charge is -2.20. The van der Waals surface area contributed by atoms with E-state index >= 15 is 0 Å². The van der Waals surface area contributed by atoms with Crippen molar-refractivity contribution in [3.63, 3.8) is 0 Å². The Kier molecular flexibility index (Phi) is 4.79. The Labute approximate surface area is 146 Å². The Bertz CT molecular complexity index is 790. The van der Waals surface area contributed by atoms with Crippen LogP contribution in [0, 0.1) is 0 Å². The van der Waals surface area contributed by atoms with Crippen LogP contribution in [0.1, 0.15) is 13.3 Å². The summed E-state index contributed by atoms with van der Waals surface area (Å²) in [6.45, 7) is 2.41. The lowest BCUT2D eigenvalue weighted by atomic mass is 10.1. The predicted molar refractivity (Wildman–Crippen MR) is 98.4 cm³/mol. The number of primary amides is 1. The molecule has 2 aromatic carbocycles. The maximum atomic E-state index is 12.9. The average molecular weight is 336 g/mol. The van der Waals surface area contributed by atoms with Crippen LogP contribution >= 0.6 is 0 Å². The first-order chi connectivity index (χ1) is 12.1. The quantitative estimate of drug-likeness (QED) is 0.909. The third-order valence-corrected chi connectivity index (χ3v) is 4.14. The zero-order chi connectivity index (χ0) is 17.8. The number of hydrogen-bond acceptors (Lipinski definition) is 4.